The molecular weight excluding hydrogens is 291 g/mol. The predicted octanol–water partition coefficient (Wildman–Crippen LogP) is 2.46. The molecule has 3 N–H and O–H groups in total. The molecule has 1 unspecified atom stereocenters. The molecule has 1 atom stereocenters. The van der Waals surface area contributed by atoms with Crippen LogP contribution in [-0.2, 0) is 15.6 Å². The monoisotopic (exact) mass is 306 g/mol. The van der Waals surface area contributed by atoms with Gasteiger partial charge in [0.1, 0.15) is 11.6 Å². The molecule has 2 aromatic carbocycles. The Labute approximate surface area is 124 Å². The summed E-state index contributed by atoms with van der Waals surface area (Å²) in [6, 6.07) is 10.5. The van der Waals surface area contributed by atoms with Crippen molar-refractivity contribution in [3.05, 3.63) is 53.8 Å². The molecule has 2 rings (SSSR count). The number of amides is 1. The first-order chi connectivity index (χ1) is 9.95. The third-order valence-corrected chi connectivity index (χ3v) is 4.14. The van der Waals surface area contributed by atoms with E-state index in [1.165, 1.54) is 24.3 Å². The van der Waals surface area contributed by atoms with Gasteiger partial charge >= 0.3 is 0 Å². The normalized spacial score (nSPS) is 11.9. The molecule has 0 radical (unpaired) electrons. The molecule has 110 valence electrons. The van der Waals surface area contributed by atoms with Crippen LogP contribution in [0.15, 0.2) is 47.4 Å². The molecule has 0 heterocycles. The zero-order chi connectivity index (χ0) is 15.4. The molecule has 6 heteroatoms. The van der Waals surface area contributed by atoms with E-state index in [0.717, 1.165) is 5.56 Å². The van der Waals surface area contributed by atoms with Crippen LogP contribution in [0.1, 0.15) is 5.56 Å². The Hall–Kier alpha value is -2.21. The summed E-state index contributed by atoms with van der Waals surface area (Å²) in [5.41, 5.74) is 7.72. The van der Waals surface area contributed by atoms with Crippen LogP contribution in [0.25, 0.3) is 0 Å². The van der Waals surface area contributed by atoms with E-state index in [9.17, 15) is 13.4 Å². The van der Waals surface area contributed by atoms with Crippen molar-refractivity contribution < 1.29 is 13.4 Å². The van der Waals surface area contributed by atoms with Crippen molar-refractivity contribution in [2.45, 2.75) is 11.8 Å². The molecule has 2 aromatic rings. The van der Waals surface area contributed by atoms with Crippen molar-refractivity contribution in [1.82, 2.24) is 0 Å². The fraction of sp³-hybridized carbons (Fsp3) is 0.133. The Morgan fingerprint density at radius 1 is 1.24 bits per heavy atom. The topological polar surface area (TPSA) is 72.2 Å². The van der Waals surface area contributed by atoms with Crippen LogP contribution in [0.2, 0.25) is 0 Å². The summed E-state index contributed by atoms with van der Waals surface area (Å²) in [5, 5.41) is 2.62. The van der Waals surface area contributed by atoms with Crippen molar-refractivity contribution in [3.8, 4) is 0 Å². The SMILES string of the molecule is Cc1ccc(NC(=O)CS(=O)c2ccc(F)cc2)c(N)c1. The molecule has 0 saturated carbocycles. The average Bonchev–Trinajstić information content (AvgIpc) is 2.42. The lowest BCUT2D eigenvalue weighted by atomic mass is 10.2. The number of carbonyl (C=O) groups excluding carboxylic acids is 1. The van der Waals surface area contributed by atoms with E-state index in [1.54, 1.807) is 12.1 Å². The van der Waals surface area contributed by atoms with Crippen molar-refractivity contribution in [2.24, 2.45) is 0 Å². The largest absolute Gasteiger partial charge is 0.397 e. The lowest BCUT2D eigenvalue weighted by Gasteiger charge is -2.09. The minimum absolute atomic E-state index is 0.209. The van der Waals surface area contributed by atoms with E-state index in [1.807, 2.05) is 13.0 Å². The summed E-state index contributed by atoms with van der Waals surface area (Å²) < 4.78 is 24.8. The second-order valence-corrected chi connectivity index (χ2v) is 6.03. The van der Waals surface area contributed by atoms with Crippen LogP contribution in [0.4, 0.5) is 15.8 Å². The van der Waals surface area contributed by atoms with Gasteiger partial charge in [0.2, 0.25) is 5.91 Å². The van der Waals surface area contributed by atoms with E-state index in [4.69, 9.17) is 5.73 Å². The third-order valence-electron chi connectivity index (χ3n) is 2.82. The molecule has 0 aromatic heterocycles. The van der Waals surface area contributed by atoms with Gasteiger partial charge in [-0.1, -0.05) is 6.07 Å². The minimum atomic E-state index is -1.53. The van der Waals surface area contributed by atoms with E-state index >= 15 is 0 Å². The molecule has 4 nitrogen and oxygen atoms in total. The molecule has 0 aliphatic carbocycles. The Balaban J connectivity index is 2.01. The number of aryl methyl sites for hydroxylation is 1. The number of carbonyl (C=O) groups is 1. The molecular formula is C15H15FN2O2S. The minimum Gasteiger partial charge on any atom is -0.397 e. The van der Waals surface area contributed by atoms with Gasteiger partial charge in [0, 0.05) is 4.90 Å². The third kappa shape index (κ3) is 4.13. The number of nitrogens with two attached hydrogens (primary N) is 1. The average molecular weight is 306 g/mol. The maximum atomic E-state index is 12.8. The Bertz CT molecular complexity index is 687. The number of rotatable bonds is 4. The lowest BCUT2D eigenvalue weighted by molar-refractivity contribution is -0.113. The van der Waals surface area contributed by atoms with Crippen LogP contribution in [0, 0.1) is 12.7 Å². The van der Waals surface area contributed by atoms with Crippen LogP contribution in [0.3, 0.4) is 0 Å². The van der Waals surface area contributed by atoms with Gasteiger partial charge in [-0.05, 0) is 48.9 Å². The number of nitrogen functional groups attached to an aromatic ring is 1. The quantitative estimate of drug-likeness (QED) is 0.852. The highest BCUT2D eigenvalue weighted by Crippen LogP contribution is 2.19. The second kappa shape index (κ2) is 6.49. The zero-order valence-corrected chi connectivity index (χ0v) is 12.2. The Kier molecular flexibility index (Phi) is 4.70. The van der Waals surface area contributed by atoms with Crippen LogP contribution >= 0.6 is 0 Å². The van der Waals surface area contributed by atoms with Gasteiger partial charge in [-0.3, -0.25) is 9.00 Å². The van der Waals surface area contributed by atoms with Crippen LogP contribution in [0.5, 0.6) is 0 Å². The Morgan fingerprint density at radius 2 is 1.90 bits per heavy atom. The summed E-state index contributed by atoms with van der Waals surface area (Å²) in [6.45, 7) is 1.89. The fourth-order valence-electron chi connectivity index (χ4n) is 1.77. The predicted molar refractivity (Wildman–Crippen MR) is 81.9 cm³/mol. The molecule has 0 saturated heterocycles. The van der Waals surface area contributed by atoms with E-state index in [-0.39, 0.29) is 5.75 Å². The summed E-state index contributed by atoms with van der Waals surface area (Å²) in [6.07, 6.45) is 0. The highest BCUT2D eigenvalue weighted by molar-refractivity contribution is 7.85. The number of anilines is 2. The molecule has 0 spiro atoms. The van der Waals surface area contributed by atoms with Gasteiger partial charge in [-0.25, -0.2) is 4.39 Å². The number of nitrogens with one attached hydrogen (secondary N) is 1. The maximum Gasteiger partial charge on any atom is 0.237 e. The number of hydrogen-bond acceptors (Lipinski definition) is 3. The van der Waals surface area contributed by atoms with Crippen LogP contribution < -0.4 is 11.1 Å². The van der Waals surface area contributed by atoms with Crippen molar-refractivity contribution in [3.63, 3.8) is 0 Å². The van der Waals surface area contributed by atoms with Gasteiger partial charge in [-0.2, -0.15) is 0 Å². The number of benzene rings is 2. The van der Waals surface area contributed by atoms with E-state index < -0.39 is 22.5 Å². The molecule has 0 fully saturated rings. The van der Waals surface area contributed by atoms with E-state index in [2.05, 4.69) is 5.32 Å². The highest BCUT2D eigenvalue weighted by Gasteiger charge is 2.11. The second-order valence-electron chi connectivity index (χ2n) is 4.58. The fourth-order valence-corrected chi connectivity index (χ4v) is 2.69. The van der Waals surface area contributed by atoms with Gasteiger partial charge in [-0.15, -0.1) is 0 Å². The summed E-state index contributed by atoms with van der Waals surface area (Å²) in [7, 11) is -1.53. The maximum absolute atomic E-state index is 12.8. The number of hydrogen-bond donors (Lipinski definition) is 2. The smallest absolute Gasteiger partial charge is 0.237 e. The lowest BCUT2D eigenvalue weighted by Crippen LogP contribution is -2.20. The molecule has 0 aliphatic rings. The van der Waals surface area contributed by atoms with Crippen molar-refractivity contribution in [1.29, 1.82) is 0 Å². The molecule has 1 amide bonds. The molecule has 0 bridgehead atoms. The first-order valence-corrected chi connectivity index (χ1v) is 7.57. The highest BCUT2D eigenvalue weighted by atomic mass is 32.2. The first-order valence-electron chi connectivity index (χ1n) is 6.25. The first kappa shape index (κ1) is 15.2. The van der Waals surface area contributed by atoms with Gasteiger partial charge < -0.3 is 11.1 Å². The molecule has 21 heavy (non-hydrogen) atoms. The van der Waals surface area contributed by atoms with Crippen molar-refractivity contribution in [2.75, 3.05) is 16.8 Å². The van der Waals surface area contributed by atoms with Gasteiger partial charge in [0.05, 0.1) is 22.2 Å². The standard InChI is InChI=1S/C15H15FN2O2S/c1-10-2-7-14(13(17)8-10)18-15(19)9-21(20)12-5-3-11(16)4-6-12/h2-8H,9,17H2,1H3,(H,18,19). The van der Waals surface area contributed by atoms with Gasteiger partial charge in [0.15, 0.2) is 0 Å². The Morgan fingerprint density at radius 3 is 2.52 bits per heavy atom. The van der Waals surface area contributed by atoms with E-state index in [0.29, 0.717) is 16.3 Å². The van der Waals surface area contributed by atoms with Crippen molar-refractivity contribution >= 4 is 28.1 Å². The summed E-state index contributed by atoms with van der Waals surface area (Å²) >= 11 is 0. The number of halogens is 1. The van der Waals surface area contributed by atoms with Gasteiger partial charge in [0.25, 0.3) is 0 Å². The van der Waals surface area contributed by atoms with Crippen LogP contribution in [-0.4, -0.2) is 15.9 Å². The summed E-state index contributed by atoms with van der Waals surface area (Å²) in [5.74, 6) is -1.03. The zero-order valence-electron chi connectivity index (χ0n) is 11.4. The summed E-state index contributed by atoms with van der Waals surface area (Å²) in [4.78, 5) is 12.3. The molecule has 0 aliphatic heterocycles.